The van der Waals surface area contributed by atoms with Crippen molar-refractivity contribution in [3.8, 4) is 0 Å². The number of nitrogens with zero attached hydrogens (tertiary/aromatic N) is 1. The molecule has 0 heterocycles. The largest absolute Gasteiger partial charge is 0.480 e. The number of nitrogens with two attached hydrogens (primary N) is 1. The van der Waals surface area contributed by atoms with Crippen LogP contribution >= 0.6 is 0 Å². The van der Waals surface area contributed by atoms with Gasteiger partial charge in [-0.15, -0.1) is 0 Å². The summed E-state index contributed by atoms with van der Waals surface area (Å²) in [5.74, 6) is -1.53. The van der Waals surface area contributed by atoms with Crippen LogP contribution in [0.1, 0.15) is 32.1 Å². The van der Waals surface area contributed by atoms with E-state index >= 15 is 0 Å². The topological polar surface area (TPSA) is 113 Å². The van der Waals surface area contributed by atoms with E-state index in [-0.39, 0.29) is 25.6 Å². The van der Waals surface area contributed by atoms with Gasteiger partial charge in [0.25, 0.3) is 0 Å². The second-order valence-corrected chi connectivity index (χ2v) is 4.41. The molecular weight excluding hydrogens is 238 g/mol. The molecule has 0 aliphatic heterocycles. The number of aliphatic carboxylic acids is 1. The van der Waals surface area contributed by atoms with Crippen LogP contribution < -0.4 is 11.1 Å². The van der Waals surface area contributed by atoms with E-state index in [9.17, 15) is 14.4 Å². The molecule has 1 rings (SSSR count). The van der Waals surface area contributed by atoms with Crippen molar-refractivity contribution >= 4 is 17.9 Å². The zero-order valence-electron chi connectivity index (χ0n) is 10.2. The predicted octanol–water partition coefficient (Wildman–Crippen LogP) is -0.0994. The quantitative estimate of drug-likeness (QED) is 0.616. The van der Waals surface area contributed by atoms with Crippen LogP contribution in [0, 0.1) is 0 Å². The molecule has 7 heteroatoms. The fraction of sp³-hybridized carbons (Fsp3) is 0.727. The van der Waals surface area contributed by atoms with Crippen molar-refractivity contribution in [2.45, 2.75) is 38.1 Å². The minimum Gasteiger partial charge on any atom is -0.480 e. The molecule has 0 aromatic rings. The molecule has 102 valence electrons. The Balaban J connectivity index is 2.49. The van der Waals surface area contributed by atoms with Crippen molar-refractivity contribution in [2.75, 3.05) is 13.1 Å². The molecule has 1 fully saturated rings. The van der Waals surface area contributed by atoms with Gasteiger partial charge in [-0.3, -0.25) is 9.59 Å². The number of carboxylic acid groups (broad SMARTS) is 1. The number of amides is 3. The number of rotatable bonds is 6. The molecule has 3 amide bonds. The summed E-state index contributed by atoms with van der Waals surface area (Å²) in [5, 5.41) is 11.3. The van der Waals surface area contributed by atoms with Crippen LogP contribution in [-0.2, 0) is 9.59 Å². The summed E-state index contributed by atoms with van der Waals surface area (Å²) in [7, 11) is 0. The number of hydrogen-bond donors (Lipinski definition) is 3. The molecule has 0 saturated heterocycles. The summed E-state index contributed by atoms with van der Waals surface area (Å²) >= 11 is 0. The molecular formula is C11H19N3O4. The van der Waals surface area contributed by atoms with Gasteiger partial charge in [0.15, 0.2) is 0 Å². The average molecular weight is 257 g/mol. The van der Waals surface area contributed by atoms with Crippen molar-refractivity contribution in [1.29, 1.82) is 0 Å². The smallest absolute Gasteiger partial charge is 0.323 e. The molecule has 0 bridgehead atoms. The highest BCUT2D eigenvalue weighted by atomic mass is 16.4. The summed E-state index contributed by atoms with van der Waals surface area (Å²) < 4.78 is 0. The van der Waals surface area contributed by atoms with Gasteiger partial charge in [0.1, 0.15) is 6.54 Å². The zero-order valence-corrected chi connectivity index (χ0v) is 10.2. The first-order valence-corrected chi connectivity index (χ1v) is 6.05. The molecule has 0 radical (unpaired) electrons. The van der Waals surface area contributed by atoms with Gasteiger partial charge in [-0.25, -0.2) is 4.79 Å². The molecule has 4 N–H and O–H groups in total. The molecule has 0 aromatic carbocycles. The molecule has 0 unspecified atom stereocenters. The maximum atomic E-state index is 11.8. The summed E-state index contributed by atoms with van der Waals surface area (Å²) in [4.78, 5) is 34.5. The van der Waals surface area contributed by atoms with Gasteiger partial charge in [-0.1, -0.05) is 12.8 Å². The lowest BCUT2D eigenvalue weighted by molar-refractivity contribution is -0.138. The van der Waals surface area contributed by atoms with Gasteiger partial charge in [0, 0.05) is 19.0 Å². The zero-order chi connectivity index (χ0) is 13.5. The van der Waals surface area contributed by atoms with Crippen LogP contribution in [-0.4, -0.2) is 47.0 Å². The Morgan fingerprint density at radius 3 is 2.39 bits per heavy atom. The Bertz CT molecular complexity index is 326. The number of primary amides is 1. The molecule has 1 saturated carbocycles. The third kappa shape index (κ3) is 4.60. The molecule has 1 aliphatic rings. The highest BCUT2D eigenvalue weighted by Crippen LogP contribution is 2.23. The highest BCUT2D eigenvalue weighted by molar-refractivity contribution is 5.81. The third-order valence-electron chi connectivity index (χ3n) is 2.98. The molecule has 0 spiro atoms. The minimum atomic E-state index is -1.04. The lowest BCUT2D eigenvalue weighted by atomic mass is 10.2. The van der Waals surface area contributed by atoms with Gasteiger partial charge in [0.2, 0.25) is 5.91 Å². The number of carboxylic acids is 1. The number of hydrogen-bond acceptors (Lipinski definition) is 3. The normalized spacial score (nSPS) is 15.3. The number of carbonyl (C=O) groups excluding carboxylic acids is 2. The minimum absolute atomic E-state index is 0.0188. The standard InChI is InChI=1S/C11H19N3O4/c12-9(15)5-6-13-11(18)14(7-10(16)17)8-3-1-2-4-8/h8H,1-7H2,(H2,12,15)(H,13,18)(H,16,17). The summed E-state index contributed by atoms with van der Waals surface area (Å²) in [5.41, 5.74) is 4.96. The van der Waals surface area contributed by atoms with E-state index in [1.165, 1.54) is 4.90 Å². The Labute approximate surface area is 105 Å². The Morgan fingerprint density at radius 2 is 1.89 bits per heavy atom. The number of carbonyl (C=O) groups is 3. The van der Waals surface area contributed by atoms with Gasteiger partial charge < -0.3 is 21.1 Å². The Morgan fingerprint density at radius 1 is 1.28 bits per heavy atom. The van der Waals surface area contributed by atoms with E-state index in [2.05, 4.69) is 5.32 Å². The van der Waals surface area contributed by atoms with E-state index in [1.807, 2.05) is 0 Å². The van der Waals surface area contributed by atoms with E-state index in [4.69, 9.17) is 10.8 Å². The summed E-state index contributed by atoms with van der Waals surface area (Å²) in [6.07, 6.45) is 3.73. The monoisotopic (exact) mass is 257 g/mol. The number of urea groups is 1. The summed E-state index contributed by atoms with van der Waals surface area (Å²) in [6.45, 7) is -0.177. The van der Waals surface area contributed by atoms with Gasteiger partial charge in [-0.2, -0.15) is 0 Å². The predicted molar refractivity (Wildman–Crippen MR) is 63.8 cm³/mol. The Hall–Kier alpha value is -1.79. The fourth-order valence-corrected chi connectivity index (χ4v) is 2.12. The first-order valence-electron chi connectivity index (χ1n) is 6.05. The highest BCUT2D eigenvalue weighted by Gasteiger charge is 2.28. The van der Waals surface area contributed by atoms with Gasteiger partial charge >= 0.3 is 12.0 Å². The number of nitrogens with one attached hydrogen (secondary N) is 1. The lowest BCUT2D eigenvalue weighted by Gasteiger charge is -2.27. The van der Waals surface area contributed by atoms with Gasteiger partial charge in [-0.05, 0) is 12.8 Å². The second-order valence-electron chi connectivity index (χ2n) is 4.41. The van der Waals surface area contributed by atoms with Crippen molar-refractivity contribution in [1.82, 2.24) is 10.2 Å². The molecule has 0 aromatic heterocycles. The first kappa shape index (κ1) is 14.3. The molecule has 1 aliphatic carbocycles. The third-order valence-corrected chi connectivity index (χ3v) is 2.98. The molecule has 0 atom stereocenters. The van der Waals surface area contributed by atoms with Crippen LogP contribution in [0.3, 0.4) is 0 Å². The van der Waals surface area contributed by atoms with Crippen molar-refractivity contribution in [3.05, 3.63) is 0 Å². The van der Waals surface area contributed by atoms with E-state index in [0.717, 1.165) is 25.7 Å². The van der Waals surface area contributed by atoms with Crippen molar-refractivity contribution < 1.29 is 19.5 Å². The average Bonchev–Trinajstić information content (AvgIpc) is 2.78. The van der Waals surface area contributed by atoms with E-state index in [0.29, 0.717) is 0 Å². The molecule has 18 heavy (non-hydrogen) atoms. The van der Waals surface area contributed by atoms with Gasteiger partial charge in [0.05, 0.1) is 0 Å². The lowest BCUT2D eigenvalue weighted by Crippen LogP contribution is -2.48. The van der Waals surface area contributed by atoms with Crippen LogP contribution in [0.4, 0.5) is 4.79 Å². The Kier molecular flexibility index (Phi) is 5.41. The van der Waals surface area contributed by atoms with E-state index < -0.39 is 17.9 Å². The SMILES string of the molecule is NC(=O)CCNC(=O)N(CC(=O)O)C1CCCC1. The maximum absolute atomic E-state index is 11.8. The first-order chi connectivity index (χ1) is 8.50. The van der Waals surface area contributed by atoms with Crippen molar-refractivity contribution in [2.24, 2.45) is 5.73 Å². The molecule has 7 nitrogen and oxygen atoms in total. The van der Waals surface area contributed by atoms with Crippen LogP contribution in [0.2, 0.25) is 0 Å². The maximum Gasteiger partial charge on any atom is 0.323 e. The van der Waals surface area contributed by atoms with Crippen LogP contribution in [0.5, 0.6) is 0 Å². The van der Waals surface area contributed by atoms with E-state index in [1.54, 1.807) is 0 Å². The summed E-state index contributed by atoms with van der Waals surface area (Å²) in [6, 6.07) is -0.458. The second kappa shape index (κ2) is 6.83. The van der Waals surface area contributed by atoms with Crippen LogP contribution in [0.15, 0.2) is 0 Å². The fourth-order valence-electron chi connectivity index (χ4n) is 2.12. The van der Waals surface area contributed by atoms with Crippen molar-refractivity contribution in [3.63, 3.8) is 0 Å². The van der Waals surface area contributed by atoms with Crippen LogP contribution in [0.25, 0.3) is 0 Å².